The number of carbonyl (C=O) groups excluding carboxylic acids is 1. The van der Waals surface area contributed by atoms with Crippen molar-refractivity contribution in [1.29, 1.82) is 0 Å². The summed E-state index contributed by atoms with van der Waals surface area (Å²) in [5.41, 5.74) is 0. The summed E-state index contributed by atoms with van der Waals surface area (Å²) in [7, 11) is 0. The van der Waals surface area contributed by atoms with Crippen LogP contribution in [0, 0.1) is 0 Å². The van der Waals surface area contributed by atoms with Gasteiger partial charge in [-0.2, -0.15) is 5.10 Å². The number of carbonyl (C=O) groups is 1. The first-order valence-electron chi connectivity index (χ1n) is 5.27. The van der Waals surface area contributed by atoms with Gasteiger partial charge in [0, 0.05) is 38.4 Å². The summed E-state index contributed by atoms with van der Waals surface area (Å²) in [4.78, 5) is 11.3. The van der Waals surface area contributed by atoms with Gasteiger partial charge in [0.05, 0.1) is 0 Å². The van der Waals surface area contributed by atoms with Gasteiger partial charge in [-0.15, -0.1) is 24.8 Å². The smallest absolute Gasteiger partial charge is 0.221 e. The Hall–Kier alpha value is -0.780. The van der Waals surface area contributed by atoms with Crippen molar-refractivity contribution in [1.82, 2.24) is 20.4 Å². The Bertz CT molecular complexity index is 280. The van der Waals surface area contributed by atoms with E-state index < -0.39 is 0 Å². The molecule has 0 saturated heterocycles. The molecule has 7 heteroatoms. The standard InChI is InChI=1S/C10H18N4O.2ClH/c1-2-11-6-7-12-10(15)4-9-14-8-3-5-13-14;;/h3,5,8,11H,2,4,6-7,9H2,1H3,(H,12,15);2*1H. The van der Waals surface area contributed by atoms with Gasteiger partial charge in [-0.3, -0.25) is 9.48 Å². The van der Waals surface area contributed by atoms with Crippen molar-refractivity contribution >= 4 is 30.7 Å². The Morgan fingerprint density at radius 1 is 1.35 bits per heavy atom. The second-order valence-electron chi connectivity index (χ2n) is 3.22. The molecule has 0 bridgehead atoms. The van der Waals surface area contributed by atoms with Gasteiger partial charge in [-0.05, 0) is 12.6 Å². The van der Waals surface area contributed by atoms with E-state index in [1.165, 1.54) is 0 Å². The molecule has 0 spiro atoms. The highest BCUT2D eigenvalue weighted by molar-refractivity contribution is 5.85. The normalized spacial score (nSPS) is 9.00. The molecule has 1 aromatic rings. The lowest BCUT2D eigenvalue weighted by atomic mass is 10.4. The topological polar surface area (TPSA) is 58.9 Å². The third-order valence-corrected chi connectivity index (χ3v) is 2.00. The number of nitrogens with zero attached hydrogens (tertiary/aromatic N) is 2. The van der Waals surface area contributed by atoms with E-state index in [1.807, 2.05) is 19.2 Å². The van der Waals surface area contributed by atoms with Gasteiger partial charge in [0.25, 0.3) is 0 Å². The molecule has 17 heavy (non-hydrogen) atoms. The SMILES string of the molecule is CCNCCNC(=O)CCn1cccn1.Cl.Cl. The van der Waals surface area contributed by atoms with Crippen LogP contribution in [0.15, 0.2) is 18.5 Å². The minimum atomic E-state index is 0. The summed E-state index contributed by atoms with van der Waals surface area (Å²) >= 11 is 0. The van der Waals surface area contributed by atoms with Crippen LogP contribution in [0.4, 0.5) is 0 Å². The first-order chi connectivity index (χ1) is 7.33. The Balaban J connectivity index is 0. The van der Waals surface area contributed by atoms with Crippen molar-refractivity contribution in [3.05, 3.63) is 18.5 Å². The molecule has 100 valence electrons. The molecule has 0 unspecified atom stereocenters. The number of amides is 1. The van der Waals surface area contributed by atoms with Crippen LogP contribution in [0.1, 0.15) is 13.3 Å². The third-order valence-electron chi connectivity index (χ3n) is 2.00. The molecule has 0 radical (unpaired) electrons. The zero-order valence-electron chi connectivity index (χ0n) is 9.89. The van der Waals surface area contributed by atoms with Crippen molar-refractivity contribution in [3.63, 3.8) is 0 Å². The van der Waals surface area contributed by atoms with Crippen molar-refractivity contribution in [2.45, 2.75) is 19.9 Å². The van der Waals surface area contributed by atoms with E-state index in [1.54, 1.807) is 10.9 Å². The van der Waals surface area contributed by atoms with Crippen LogP contribution in [-0.4, -0.2) is 35.3 Å². The van der Waals surface area contributed by atoms with Crippen LogP contribution in [0.5, 0.6) is 0 Å². The summed E-state index contributed by atoms with van der Waals surface area (Å²) in [5, 5.41) is 10.0. The van der Waals surface area contributed by atoms with Gasteiger partial charge in [-0.25, -0.2) is 0 Å². The van der Waals surface area contributed by atoms with Gasteiger partial charge >= 0.3 is 0 Å². The molecule has 2 N–H and O–H groups in total. The molecule has 1 amide bonds. The van der Waals surface area contributed by atoms with E-state index in [4.69, 9.17) is 0 Å². The van der Waals surface area contributed by atoms with Crippen LogP contribution >= 0.6 is 24.8 Å². The maximum absolute atomic E-state index is 11.3. The van der Waals surface area contributed by atoms with Gasteiger partial charge < -0.3 is 10.6 Å². The molecule has 0 saturated carbocycles. The summed E-state index contributed by atoms with van der Waals surface area (Å²) < 4.78 is 1.75. The van der Waals surface area contributed by atoms with Crippen molar-refractivity contribution in [2.75, 3.05) is 19.6 Å². The Morgan fingerprint density at radius 3 is 2.71 bits per heavy atom. The molecule has 0 aliphatic carbocycles. The van der Waals surface area contributed by atoms with Crippen molar-refractivity contribution in [2.24, 2.45) is 0 Å². The van der Waals surface area contributed by atoms with E-state index in [0.29, 0.717) is 19.5 Å². The number of hydrogen-bond acceptors (Lipinski definition) is 3. The lowest BCUT2D eigenvalue weighted by Crippen LogP contribution is -2.32. The molecular weight excluding hydrogens is 263 g/mol. The number of rotatable bonds is 7. The summed E-state index contributed by atoms with van der Waals surface area (Å²) in [6.07, 6.45) is 4.04. The summed E-state index contributed by atoms with van der Waals surface area (Å²) in [6.45, 7) is 5.12. The second-order valence-corrected chi connectivity index (χ2v) is 3.22. The van der Waals surface area contributed by atoms with E-state index >= 15 is 0 Å². The molecule has 1 rings (SSSR count). The van der Waals surface area contributed by atoms with E-state index in [0.717, 1.165) is 13.1 Å². The van der Waals surface area contributed by atoms with E-state index in [9.17, 15) is 4.79 Å². The van der Waals surface area contributed by atoms with Crippen LogP contribution in [0.2, 0.25) is 0 Å². The van der Waals surface area contributed by atoms with Crippen LogP contribution in [0.25, 0.3) is 0 Å². The largest absolute Gasteiger partial charge is 0.355 e. The molecule has 5 nitrogen and oxygen atoms in total. The molecular formula is C10H20Cl2N4O. The quantitative estimate of drug-likeness (QED) is 0.729. The van der Waals surface area contributed by atoms with Crippen molar-refractivity contribution in [3.8, 4) is 0 Å². The van der Waals surface area contributed by atoms with Crippen LogP contribution in [-0.2, 0) is 11.3 Å². The summed E-state index contributed by atoms with van der Waals surface area (Å²) in [5.74, 6) is 0.0726. The maximum Gasteiger partial charge on any atom is 0.221 e. The van der Waals surface area contributed by atoms with Crippen LogP contribution < -0.4 is 10.6 Å². The Morgan fingerprint density at radius 2 is 2.12 bits per heavy atom. The number of halogens is 2. The molecule has 0 fully saturated rings. The number of aryl methyl sites for hydroxylation is 1. The predicted molar refractivity (Wildman–Crippen MR) is 72.9 cm³/mol. The maximum atomic E-state index is 11.3. The first kappa shape index (κ1) is 18.6. The number of hydrogen-bond donors (Lipinski definition) is 2. The molecule has 1 heterocycles. The zero-order chi connectivity index (χ0) is 10.9. The monoisotopic (exact) mass is 282 g/mol. The zero-order valence-corrected chi connectivity index (χ0v) is 11.5. The van der Waals surface area contributed by atoms with E-state index in [-0.39, 0.29) is 30.7 Å². The number of aromatic nitrogens is 2. The highest BCUT2D eigenvalue weighted by Crippen LogP contribution is 1.88. The minimum absolute atomic E-state index is 0. The van der Waals surface area contributed by atoms with Gasteiger partial charge in [0.2, 0.25) is 5.91 Å². The number of likely N-dealkylation sites (N-methyl/N-ethyl adjacent to an activating group) is 1. The average Bonchev–Trinajstić information content (AvgIpc) is 2.74. The lowest BCUT2D eigenvalue weighted by molar-refractivity contribution is -0.121. The first-order valence-corrected chi connectivity index (χ1v) is 5.27. The fourth-order valence-electron chi connectivity index (χ4n) is 1.20. The fourth-order valence-corrected chi connectivity index (χ4v) is 1.20. The average molecular weight is 283 g/mol. The second kappa shape index (κ2) is 11.7. The molecule has 1 aromatic heterocycles. The lowest BCUT2D eigenvalue weighted by Gasteiger charge is -2.05. The Labute approximate surface area is 114 Å². The van der Waals surface area contributed by atoms with E-state index in [2.05, 4.69) is 15.7 Å². The molecule has 0 aromatic carbocycles. The van der Waals surface area contributed by atoms with Gasteiger partial charge in [0.1, 0.15) is 0 Å². The number of nitrogens with one attached hydrogen (secondary N) is 2. The third kappa shape index (κ3) is 8.97. The predicted octanol–water partition coefficient (Wildman–Crippen LogP) is 0.843. The Kier molecular flexibility index (Phi) is 12.8. The van der Waals surface area contributed by atoms with Crippen molar-refractivity contribution < 1.29 is 4.79 Å². The van der Waals surface area contributed by atoms with Gasteiger partial charge in [0.15, 0.2) is 0 Å². The highest BCUT2D eigenvalue weighted by Gasteiger charge is 2.00. The highest BCUT2D eigenvalue weighted by atomic mass is 35.5. The molecule has 0 aliphatic rings. The molecule has 0 atom stereocenters. The van der Waals surface area contributed by atoms with Crippen LogP contribution in [0.3, 0.4) is 0 Å². The fraction of sp³-hybridized carbons (Fsp3) is 0.600. The minimum Gasteiger partial charge on any atom is -0.355 e. The van der Waals surface area contributed by atoms with Gasteiger partial charge in [-0.1, -0.05) is 6.92 Å². The summed E-state index contributed by atoms with van der Waals surface area (Å²) in [6, 6.07) is 1.85. The molecule has 0 aliphatic heterocycles.